The van der Waals surface area contributed by atoms with Crippen molar-refractivity contribution >= 4 is 0 Å². The van der Waals surface area contributed by atoms with E-state index in [9.17, 15) is 13.2 Å². The first-order valence-electron chi connectivity index (χ1n) is 5.37. The van der Waals surface area contributed by atoms with Crippen LogP contribution in [0.15, 0.2) is 18.2 Å². The number of halogens is 3. The molecule has 1 rings (SSSR count). The molecule has 2 nitrogen and oxygen atoms in total. The van der Waals surface area contributed by atoms with Crippen molar-refractivity contribution in [3.05, 3.63) is 29.3 Å². The predicted octanol–water partition coefficient (Wildman–Crippen LogP) is 2.68. The zero-order valence-corrected chi connectivity index (χ0v) is 10.2. The van der Waals surface area contributed by atoms with Crippen LogP contribution in [-0.2, 0) is 6.18 Å². The summed E-state index contributed by atoms with van der Waals surface area (Å²) in [6, 6.07) is 3.29. The molecule has 0 saturated heterocycles. The predicted molar refractivity (Wildman–Crippen MR) is 63.4 cm³/mol. The van der Waals surface area contributed by atoms with Crippen molar-refractivity contribution in [3.8, 4) is 17.6 Å². The number of alkyl halides is 3. The Morgan fingerprint density at radius 3 is 2.61 bits per heavy atom. The van der Waals surface area contributed by atoms with Gasteiger partial charge in [0.1, 0.15) is 5.75 Å². The molecule has 18 heavy (non-hydrogen) atoms. The highest BCUT2D eigenvalue weighted by Gasteiger charge is 2.31. The van der Waals surface area contributed by atoms with Gasteiger partial charge in [-0.1, -0.05) is 11.8 Å². The van der Waals surface area contributed by atoms with Gasteiger partial charge in [0.15, 0.2) is 0 Å². The zero-order valence-electron chi connectivity index (χ0n) is 10.2. The number of hydrogen-bond acceptors (Lipinski definition) is 2. The minimum absolute atomic E-state index is 0.141. The highest BCUT2D eigenvalue weighted by Crippen LogP contribution is 2.32. The van der Waals surface area contributed by atoms with Crippen molar-refractivity contribution in [2.24, 2.45) is 0 Å². The number of hydrogen-bond donors (Lipinski definition) is 1. The fraction of sp³-hybridized carbons (Fsp3) is 0.385. The Morgan fingerprint density at radius 2 is 2.06 bits per heavy atom. The SMILES string of the molecule is CNCCC#Cc1ccc(C(F)(F)F)cc1OC. The molecule has 0 atom stereocenters. The molecule has 0 aromatic heterocycles. The zero-order chi connectivity index (χ0) is 13.6. The fourth-order valence-corrected chi connectivity index (χ4v) is 1.32. The molecule has 0 spiro atoms. The van der Waals surface area contributed by atoms with Crippen LogP contribution < -0.4 is 10.1 Å². The van der Waals surface area contributed by atoms with Crippen LogP contribution in [0.3, 0.4) is 0 Å². The highest BCUT2D eigenvalue weighted by atomic mass is 19.4. The van der Waals surface area contributed by atoms with Crippen LogP contribution in [0.25, 0.3) is 0 Å². The topological polar surface area (TPSA) is 21.3 Å². The van der Waals surface area contributed by atoms with Crippen LogP contribution >= 0.6 is 0 Å². The quantitative estimate of drug-likeness (QED) is 0.664. The van der Waals surface area contributed by atoms with Crippen molar-refractivity contribution in [1.82, 2.24) is 5.32 Å². The van der Waals surface area contributed by atoms with Gasteiger partial charge < -0.3 is 10.1 Å². The van der Waals surface area contributed by atoms with Crippen LogP contribution in [0.5, 0.6) is 5.75 Å². The number of benzene rings is 1. The van der Waals surface area contributed by atoms with Crippen LogP contribution in [0, 0.1) is 11.8 Å². The van der Waals surface area contributed by atoms with Gasteiger partial charge >= 0.3 is 6.18 Å². The molecule has 0 heterocycles. The molecule has 0 unspecified atom stereocenters. The van der Waals surface area contributed by atoms with E-state index >= 15 is 0 Å². The third-order valence-corrected chi connectivity index (χ3v) is 2.25. The van der Waals surface area contributed by atoms with E-state index in [2.05, 4.69) is 17.2 Å². The summed E-state index contributed by atoms with van der Waals surface area (Å²) < 4.78 is 42.4. The Bertz CT molecular complexity index is 458. The Morgan fingerprint density at radius 1 is 1.33 bits per heavy atom. The normalized spacial score (nSPS) is 10.7. The number of ether oxygens (including phenoxy) is 1. The standard InChI is InChI=1S/C13H14F3NO/c1-17-8-4-3-5-10-6-7-11(13(14,15)16)9-12(10)18-2/h6-7,9,17H,4,8H2,1-2H3. The lowest BCUT2D eigenvalue weighted by Crippen LogP contribution is -2.06. The molecule has 5 heteroatoms. The number of methoxy groups -OCH3 is 1. The lowest BCUT2D eigenvalue weighted by molar-refractivity contribution is -0.137. The summed E-state index contributed by atoms with van der Waals surface area (Å²) in [5.74, 6) is 5.80. The second kappa shape index (κ2) is 6.31. The second-order valence-electron chi connectivity index (χ2n) is 3.57. The molecule has 0 fully saturated rings. The van der Waals surface area contributed by atoms with Gasteiger partial charge in [0.2, 0.25) is 0 Å². The fourth-order valence-electron chi connectivity index (χ4n) is 1.32. The van der Waals surface area contributed by atoms with E-state index < -0.39 is 11.7 Å². The van der Waals surface area contributed by atoms with Gasteiger partial charge in [-0.25, -0.2) is 0 Å². The largest absolute Gasteiger partial charge is 0.495 e. The van der Waals surface area contributed by atoms with Crippen LogP contribution in [0.4, 0.5) is 13.2 Å². The van der Waals surface area contributed by atoms with E-state index in [1.165, 1.54) is 13.2 Å². The first kappa shape index (κ1) is 14.4. The second-order valence-corrected chi connectivity index (χ2v) is 3.57. The molecule has 0 radical (unpaired) electrons. The van der Waals surface area contributed by atoms with Gasteiger partial charge in [0.05, 0.1) is 18.2 Å². The summed E-state index contributed by atoms with van der Waals surface area (Å²) in [7, 11) is 3.13. The summed E-state index contributed by atoms with van der Waals surface area (Å²) in [4.78, 5) is 0. The van der Waals surface area contributed by atoms with Gasteiger partial charge in [0.25, 0.3) is 0 Å². The molecule has 0 amide bonds. The minimum Gasteiger partial charge on any atom is -0.495 e. The smallest absolute Gasteiger partial charge is 0.416 e. The number of rotatable bonds is 3. The van der Waals surface area contributed by atoms with E-state index in [1.807, 2.05) is 0 Å². The average molecular weight is 257 g/mol. The summed E-state index contributed by atoms with van der Waals surface area (Å²) in [6.45, 7) is 0.732. The molecule has 1 N–H and O–H groups in total. The first-order chi connectivity index (χ1) is 8.49. The number of nitrogens with one attached hydrogen (secondary N) is 1. The molecule has 1 aromatic rings. The average Bonchev–Trinajstić information content (AvgIpc) is 2.33. The maximum Gasteiger partial charge on any atom is 0.416 e. The minimum atomic E-state index is -4.37. The molecule has 0 aliphatic carbocycles. The van der Waals surface area contributed by atoms with Crippen LogP contribution in [-0.4, -0.2) is 20.7 Å². The lowest BCUT2D eigenvalue weighted by Gasteiger charge is -2.09. The van der Waals surface area contributed by atoms with E-state index in [0.29, 0.717) is 12.0 Å². The van der Waals surface area contributed by atoms with E-state index in [0.717, 1.165) is 18.7 Å². The Hall–Kier alpha value is -1.67. The Balaban J connectivity index is 2.96. The van der Waals surface area contributed by atoms with Gasteiger partial charge in [-0.3, -0.25) is 0 Å². The monoisotopic (exact) mass is 257 g/mol. The summed E-state index contributed by atoms with van der Waals surface area (Å²) in [5, 5.41) is 2.93. The maximum absolute atomic E-state index is 12.5. The Kier molecular flexibility index (Phi) is 5.05. The summed E-state index contributed by atoms with van der Waals surface area (Å²) in [5.41, 5.74) is -0.276. The van der Waals surface area contributed by atoms with Crippen molar-refractivity contribution in [2.75, 3.05) is 20.7 Å². The van der Waals surface area contributed by atoms with E-state index in [1.54, 1.807) is 7.05 Å². The van der Waals surface area contributed by atoms with Crippen LogP contribution in [0.1, 0.15) is 17.5 Å². The van der Waals surface area contributed by atoms with Gasteiger partial charge in [0, 0.05) is 13.0 Å². The van der Waals surface area contributed by atoms with Crippen molar-refractivity contribution in [2.45, 2.75) is 12.6 Å². The van der Waals surface area contributed by atoms with Crippen molar-refractivity contribution in [1.29, 1.82) is 0 Å². The van der Waals surface area contributed by atoms with Gasteiger partial charge in [-0.15, -0.1) is 0 Å². The molecular formula is C13H14F3NO. The summed E-state index contributed by atoms with van der Waals surface area (Å²) in [6.07, 6.45) is -3.74. The first-order valence-corrected chi connectivity index (χ1v) is 5.37. The molecule has 98 valence electrons. The lowest BCUT2D eigenvalue weighted by atomic mass is 10.1. The van der Waals surface area contributed by atoms with Crippen molar-refractivity contribution in [3.63, 3.8) is 0 Å². The third kappa shape index (κ3) is 3.97. The van der Waals surface area contributed by atoms with Gasteiger partial charge in [-0.05, 0) is 25.2 Å². The molecule has 0 bridgehead atoms. The molecule has 0 aliphatic rings. The van der Waals surface area contributed by atoms with Gasteiger partial charge in [-0.2, -0.15) is 13.2 Å². The van der Waals surface area contributed by atoms with E-state index in [4.69, 9.17) is 4.74 Å². The maximum atomic E-state index is 12.5. The Labute approximate surface area is 104 Å². The van der Waals surface area contributed by atoms with Crippen molar-refractivity contribution < 1.29 is 17.9 Å². The molecule has 0 saturated carbocycles. The van der Waals surface area contributed by atoms with Crippen LogP contribution in [0.2, 0.25) is 0 Å². The summed E-state index contributed by atoms with van der Waals surface area (Å²) >= 11 is 0. The highest BCUT2D eigenvalue weighted by molar-refractivity contribution is 5.48. The molecule has 0 aliphatic heterocycles. The third-order valence-electron chi connectivity index (χ3n) is 2.25. The van der Waals surface area contributed by atoms with E-state index in [-0.39, 0.29) is 5.75 Å². The molecule has 1 aromatic carbocycles. The molecular weight excluding hydrogens is 243 g/mol.